The van der Waals surface area contributed by atoms with Crippen molar-refractivity contribution in [2.24, 2.45) is 0 Å². The van der Waals surface area contributed by atoms with Gasteiger partial charge in [0.2, 0.25) is 0 Å². The van der Waals surface area contributed by atoms with Crippen LogP contribution in [0.5, 0.6) is 0 Å². The van der Waals surface area contributed by atoms with Gasteiger partial charge in [0.25, 0.3) is 0 Å². The molecule has 0 unspecified atom stereocenters. The number of hydrogen-bond donors (Lipinski definition) is 0. The second-order valence-electron chi connectivity index (χ2n) is 8.04. The molecule has 1 aromatic heterocycles. The van der Waals surface area contributed by atoms with E-state index in [1.54, 1.807) is 4.90 Å². The number of nitrogens with zero attached hydrogens (tertiary/aromatic N) is 3. The Morgan fingerprint density at radius 1 is 1.00 bits per heavy atom. The van der Waals surface area contributed by atoms with E-state index in [0.29, 0.717) is 13.1 Å². The maximum absolute atomic E-state index is 12.6. The molecule has 0 saturated carbocycles. The molecule has 5 nitrogen and oxygen atoms in total. The summed E-state index contributed by atoms with van der Waals surface area (Å²) in [5.41, 5.74) is 4.75. The van der Waals surface area contributed by atoms with Gasteiger partial charge in [-0.2, -0.15) is 5.10 Å². The molecular weight excluding hydrogens is 350 g/mol. The summed E-state index contributed by atoms with van der Waals surface area (Å²) in [5.74, 6) is 0. The number of rotatable bonds is 2. The number of ether oxygens (including phenoxy) is 1. The smallest absolute Gasteiger partial charge is 0.410 e. The molecule has 1 aliphatic heterocycles. The van der Waals surface area contributed by atoms with Gasteiger partial charge < -0.3 is 9.64 Å². The van der Waals surface area contributed by atoms with Crippen molar-refractivity contribution in [3.63, 3.8) is 0 Å². The maximum Gasteiger partial charge on any atom is 0.410 e. The third kappa shape index (κ3) is 3.65. The lowest BCUT2D eigenvalue weighted by Gasteiger charge is -2.30. The van der Waals surface area contributed by atoms with E-state index in [1.165, 1.54) is 0 Å². The van der Waals surface area contributed by atoms with Crippen LogP contribution in [-0.4, -0.2) is 32.9 Å². The topological polar surface area (TPSA) is 47.4 Å². The quantitative estimate of drug-likeness (QED) is 0.644. The summed E-state index contributed by atoms with van der Waals surface area (Å²) in [4.78, 5) is 14.4. The molecule has 0 N–H and O–H groups in total. The minimum Gasteiger partial charge on any atom is -0.444 e. The first kappa shape index (κ1) is 18.3. The number of para-hydroxylation sites is 1. The summed E-state index contributed by atoms with van der Waals surface area (Å²) in [6, 6.07) is 20.3. The van der Waals surface area contributed by atoms with Crippen molar-refractivity contribution in [3.05, 3.63) is 71.9 Å². The Hall–Kier alpha value is -3.08. The van der Waals surface area contributed by atoms with Crippen LogP contribution >= 0.6 is 0 Å². The Kier molecular flexibility index (Phi) is 4.67. The van der Waals surface area contributed by atoms with Gasteiger partial charge in [-0.15, -0.1) is 0 Å². The Morgan fingerprint density at radius 2 is 1.64 bits per heavy atom. The minimum absolute atomic E-state index is 0.273. The molecule has 4 rings (SSSR count). The fourth-order valence-electron chi connectivity index (χ4n) is 3.51. The van der Waals surface area contributed by atoms with Crippen LogP contribution in [0, 0.1) is 0 Å². The Morgan fingerprint density at radius 3 is 2.29 bits per heavy atom. The summed E-state index contributed by atoms with van der Waals surface area (Å²) < 4.78 is 7.61. The van der Waals surface area contributed by atoms with Gasteiger partial charge in [0.15, 0.2) is 0 Å². The highest BCUT2D eigenvalue weighted by molar-refractivity contribution is 5.71. The second-order valence-corrected chi connectivity index (χ2v) is 8.04. The average Bonchev–Trinajstić information content (AvgIpc) is 3.07. The normalized spacial score (nSPS) is 13.9. The standard InChI is InChI=1S/C23H25N3O2/c1-23(2,3)28-22(27)25-15-14-20-19(16-25)21(17-10-6-4-7-11-17)24-26(20)18-12-8-5-9-13-18/h4-13H,14-16H2,1-3H3. The Labute approximate surface area is 165 Å². The van der Waals surface area contributed by atoms with Crippen molar-refractivity contribution in [1.29, 1.82) is 0 Å². The van der Waals surface area contributed by atoms with E-state index in [-0.39, 0.29) is 6.09 Å². The first-order valence-electron chi connectivity index (χ1n) is 9.62. The van der Waals surface area contributed by atoms with Crippen LogP contribution in [0.4, 0.5) is 4.79 Å². The molecule has 3 aromatic rings. The van der Waals surface area contributed by atoms with Crippen LogP contribution < -0.4 is 0 Å². The summed E-state index contributed by atoms with van der Waals surface area (Å²) >= 11 is 0. The molecule has 28 heavy (non-hydrogen) atoms. The van der Waals surface area contributed by atoms with Crippen LogP contribution in [0.3, 0.4) is 0 Å². The van der Waals surface area contributed by atoms with Gasteiger partial charge in [-0.3, -0.25) is 0 Å². The summed E-state index contributed by atoms with van der Waals surface area (Å²) in [6.45, 7) is 6.80. The molecule has 0 fully saturated rings. The van der Waals surface area contributed by atoms with E-state index in [2.05, 4.69) is 24.3 Å². The number of hydrogen-bond acceptors (Lipinski definition) is 3. The van der Waals surface area contributed by atoms with Crippen LogP contribution in [0.2, 0.25) is 0 Å². The molecule has 2 aromatic carbocycles. The number of carbonyl (C=O) groups excluding carboxylic acids is 1. The van der Waals surface area contributed by atoms with E-state index < -0.39 is 5.60 Å². The predicted molar refractivity (Wildman–Crippen MR) is 109 cm³/mol. The third-order valence-corrected chi connectivity index (χ3v) is 4.76. The fraction of sp³-hybridized carbons (Fsp3) is 0.304. The molecule has 5 heteroatoms. The zero-order chi connectivity index (χ0) is 19.7. The highest BCUT2D eigenvalue weighted by atomic mass is 16.6. The van der Waals surface area contributed by atoms with E-state index in [0.717, 1.165) is 34.6 Å². The highest BCUT2D eigenvalue weighted by Gasteiger charge is 2.30. The molecule has 0 spiro atoms. The van der Waals surface area contributed by atoms with Crippen molar-refractivity contribution in [1.82, 2.24) is 14.7 Å². The Balaban J connectivity index is 1.75. The molecule has 144 valence electrons. The molecule has 1 aliphatic rings. The van der Waals surface area contributed by atoms with E-state index in [9.17, 15) is 4.79 Å². The number of amides is 1. The van der Waals surface area contributed by atoms with Gasteiger partial charge in [-0.1, -0.05) is 48.5 Å². The Bertz CT molecular complexity index is 972. The van der Waals surface area contributed by atoms with Crippen molar-refractivity contribution in [2.75, 3.05) is 6.54 Å². The van der Waals surface area contributed by atoms with Crippen LogP contribution in [-0.2, 0) is 17.7 Å². The zero-order valence-corrected chi connectivity index (χ0v) is 16.6. The minimum atomic E-state index is -0.506. The first-order chi connectivity index (χ1) is 13.4. The molecule has 0 bridgehead atoms. The van der Waals surface area contributed by atoms with Gasteiger partial charge in [-0.25, -0.2) is 9.48 Å². The van der Waals surface area contributed by atoms with Gasteiger partial charge in [-0.05, 0) is 32.9 Å². The summed E-state index contributed by atoms with van der Waals surface area (Å²) in [6.07, 6.45) is 0.466. The van der Waals surface area contributed by atoms with Crippen LogP contribution in [0.15, 0.2) is 60.7 Å². The van der Waals surface area contributed by atoms with Crippen LogP contribution in [0.25, 0.3) is 16.9 Å². The monoisotopic (exact) mass is 375 g/mol. The summed E-state index contributed by atoms with van der Waals surface area (Å²) in [7, 11) is 0. The number of fused-ring (bicyclic) bond motifs is 1. The lowest BCUT2D eigenvalue weighted by atomic mass is 10.0. The molecule has 0 aliphatic carbocycles. The largest absolute Gasteiger partial charge is 0.444 e. The molecular formula is C23H25N3O2. The second kappa shape index (κ2) is 7.15. The van der Waals surface area contributed by atoms with E-state index >= 15 is 0 Å². The fourth-order valence-corrected chi connectivity index (χ4v) is 3.51. The molecule has 0 saturated heterocycles. The number of carbonyl (C=O) groups is 1. The molecule has 1 amide bonds. The van der Waals surface area contributed by atoms with E-state index in [1.807, 2.05) is 61.9 Å². The lowest BCUT2D eigenvalue weighted by Crippen LogP contribution is -2.40. The first-order valence-corrected chi connectivity index (χ1v) is 9.62. The third-order valence-electron chi connectivity index (χ3n) is 4.76. The SMILES string of the molecule is CC(C)(C)OC(=O)N1CCc2c(c(-c3ccccc3)nn2-c2ccccc2)C1. The lowest BCUT2D eigenvalue weighted by molar-refractivity contribution is 0.0223. The van der Waals surface area contributed by atoms with Gasteiger partial charge >= 0.3 is 6.09 Å². The molecule has 2 heterocycles. The predicted octanol–water partition coefficient (Wildman–Crippen LogP) is 4.83. The zero-order valence-electron chi connectivity index (χ0n) is 16.6. The maximum atomic E-state index is 12.6. The van der Waals surface area contributed by atoms with Crippen molar-refractivity contribution >= 4 is 6.09 Å². The van der Waals surface area contributed by atoms with Gasteiger partial charge in [0.05, 0.1) is 23.6 Å². The highest BCUT2D eigenvalue weighted by Crippen LogP contribution is 2.32. The van der Waals surface area contributed by atoms with Crippen molar-refractivity contribution in [3.8, 4) is 16.9 Å². The number of benzene rings is 2. The summed E-state index contributed by atoms with van der Waals surface area (Å²) in [5, 5.41) is 4.94. The molecule has 0 radical (unpaired) electrons. The van der Waals surface area contributed by atoms with Gasteiger partial charge in [0, 0.05) is 24.1 Å². The molecule has 0 atom stereocenters. The average molecular weight is 375 g/mol. The van der Waals surface area contributed by atoms with Crippen molar-refractivity contribution in [2.45, 2.75) is 39.3 Å². The van der Waals surface area contributed by atoms with E-state index in [4.69, 9.17) is 9.84 Å². The number of aromatic nitrogens is 2. The van der Waals surface area contributed by atoms with Gasteiger partial charge in [0.1, 0.15) is 5.60 Å². The van der Waals surface area contributed by atoms with Crippen molar-refractivity contribution < 1.29 is 9.53 Å². The van der Waals surface area contributed by atoms with Crippen LogP contribution in [0.1, 0.15) is 32.0 Å².